The van der Waals surface area contributed by atoms with Crippen molar-refractivity contribution in [1.82, 2.24) is 15.3 Å². The number of benzene rings is 1. The molecule has 1 aromatic carbocycles. The van der Waals surface area contributed by atoms with Gasteiger partial charge in [-0.3, -0.25) is 14.6 Å². The zero-order chi connectivity index (χ0) is 16.5. The Kier molecular flexibility index (Phi) is 6.05. The van der Waals surface area contributed by atoms with E-state index >= 15 is 0 Å². The molecular weight excluding hydrogens is 298 g/mol. The predicted molar refractivity (Wildman–Crippen MR) is 82.0 cm³/mol. The zero-order valence-electron chi connectivity index (χ0n) is 12.4. The first-order chi connectivity index (χ1) is 11.1. The zero-order valence-corrected chi connectivity index (χ0v) is 12.4. The molecule has 1 amide bonds. The van der Waals surface area contributed by atoms with Gasteiger partial charge in [0.05, 0.1) is 12.8 Å². The first-order valence-corrected chi connectivity index (χ1v) is 7.13. The molecule has 0 spiro atoms. The lowest BCUT2D eigenvalue weighted by Crippen LogP contribution is -2.23. The molecule has 2 N–H and O–H groups in total. The van der Waals surface area contributed by atoms with Crippen LogP contribution in [-0.2, 0) is 11.3 Å². The first-order valence-electron chi connectivity index (χ1n) is 7.13. The second-order valence-corrected chi connectivity index (χ2v) is 4.76. The fraction of sp³-hybridized carbons (Fsp3) is 0.250. The Balaban J connectivity index is 1.76. The Hall–Kier alpha value is -2.96. The molecule has 0 fully saturated rings. The van der Waals surface area contributed by atoms with Crippen molar-refractivity contribution in [2.75, 3.05) is 6.61 Å². The van der Waals surface area contributed by atoms with Crippen LogP contribution >= 0.6 is 0 Å². The second-order valence-electron chi connectivity index (χ2n) is 4.76. The van der Waals surface area contributed by atoms with E-state index in [0.717, 1.165) is 5.56 Å². The number of aromatic nitrogens is 2. The van der Waals surface area contributed by atoms with Gasteiger partial charge in [-0.1, -0.05) is 12.1 Å². The highest BCUT2D eigenvalue weighted by molar-refractivity contribution is 5.91. The Labute approximate surface area is 133 Å². The fourth-order valence-corrected chi connectivity index (χ4v) is 1.81. The normalized spacial score (nSPS) is 10.1. The molecule has 2 aromatic rings. The SMILES string of the molecule is O=C(O)CCCOc1ccc(CNC(=O)c2cnccn2)cc1. The lowest BCUT2D eigenvalue weighted by Gasteiger charge is -2.07. The van der Waals surface area contributed by atoms with Crippen LogP contribution in [0.15, 0.2) is 42.9 Å². The van der Waals surface area contributed by atoms with Crippen LogP contribution in [0.25, 0.3) is 0 Å². The number of hydrogen-bond acceptors (Lipinski definition) is 5. The molecule has 0 aliphatic carbocycles. The van der Waals surface area contributed by atoms with Crippen molar-refractivity contribution in [2.24, 2.45) is 0 Å². The van der Waals surface area contributed by atoms with Gasteiger partial charge < -0.3 is 15.2 Å². The maximum atomic E-state index is 11.8. The van der Waals surface area contributed by atoms with E-state index in [-0.39, 0.29) is 18.0 Å². The van der Waals surface area contributed by atoms with Crippen molar-refractivity contribution in [3.05, 3.63) is 54.1 Å². The molecule has 120 valence electrons. The summed E-state index contributed by atoms with van der Waals surface area (Å²) in [4.78, 5) is 30.0. The van der Waals surface area contributed by atoms with Gasteiger partial charge >= 0.3 is 5.97 Å². The second kappa shape index (κ2) is 8.47. The number of nitrogens with one attached hydrogen (secondary N) is 1. The minimum absolute atomic E-state index is 0.0898. The number of ether oxygens (including phenoxy) is 1. The third-order valence-electron chi connectivity index (χ3n) is 2.98. The molecule has 0 bridgehead atoms. The number of carboxylic acid groups (broad SMARTS) is 1. The Morgan fingerprint density at radius 1 is 1.17 bits per heavy atom. The molecule has 23 heavy (non-hydrogen) atoms. The monoisotopic (exact) mass is 315 g/mol. The van der Waals surface area contributed by atoms with Gasteiger partial charge in [-0.05, 0) is 24.1 Å². The maximum Gasteiger partial charge on any atom is 0.303 e. The van der Waals surface area contributed by atoms with Crippen LogP contribution in [0.1, 0.15) is 28.9 Å². The molecule has 1 aromatic heterocycles. The summed E-state index contributed by atoms with van der Waals surface area (Å²) in [5, 5.41) is 11.3. The number of rotatable bonds is 8. The summed E-state index contributed by atoms with van der Waals surface area (Å²) < 4.78 is 5.44. The lowest BCUT2D eigenvalue weighted by atomic mass is 10.2. The van der Waals surface area contributed by atoms with Gasteiger partial charge in [0, 0.05) is 25.4 Å². The number of carbonyl (C=O) groups is 2. The van der Waals surface area contributed by atoms with E-state index in [1.54, 1.807) is 12.1 Å². The summed E-state index contributed by atoms with van der Waals surface area (Å²) in [6.07, 6.45) is 4.93. The van der Waals surface area contributed by atoms with Crippen LogP contribution in [-0.4, -0.2) is 33.6 Å². The molecule has 7 heteroatoms. The van der Waals surface area contributed by atoms with Gasteiger partial charge in [-0.15, -0.1) is 0 Å². The molecule has 0 atom stereocenters. The largest absolute Gasteiger partial charge is 0.494 e. The van der Waals surface area contributed by atoms with Gasteiger partial charge in [0.2, 0.25) is 0 Å². The molecule has 0 aliphatic heterocycles. The molecule has 7 nitrogen and oxygen atoms in total. The average Bonchev–Trinajstić information content (AvgIpc) is 2.58. The Bertz CT molecular complexity index is 644. The Morgan fingerprint density at radius 2 is 1.96 bits per heavy atom. The maximum absolute atomic E-state index is 11.8. The minimum atomic E-state index is -0.831. The summed E-state index contributed by atoms with van der Waals surface area (Å²) in [5.74, 6) is -0.450. The predicted octanol–water partition coefficient (Wildman–Crippen LogP) is 1.65. The highest BCUT2D eigenvalue weighted by Gasteiger charge is 2.06. The quantitative estimate of drug-likeness (QED) is 0.718. The minimum Gasteiger partial charge on any atom is -0.494 e. The molecule has 0 saturated heterocycles. The van der Waals surface area contributed by atoms with E-state index in [0.29, 0.717) is 25.3 Å². The molecule has 0 aliphatic rings. The van der Waals surface area contributed by atoms with Crippen molar-refractivity contribution in [3.63, 3.8) is 0 Å². The van der Waals surface area contributed by atoms with Crippen LogP contribution in [0.2, 0.25) is 0 Å². The molecule has 0 radical (unpaired) electrons. The van der Waals surface area contributed by atoms with Gasteiger partial charge in [0.15, 0.2) is 0 Å². The topological polar surface area (TPSA) is 101 Å². The van der Waals surface area contributed by atoms with Crippen molar-refractivity contribution < 1.29 is 19.4 Å². The molecule has 1 heterocycles. The fourth-order valence-electron chi connectivity index (χ4n) is 1.81. The van der Waals surface area contributed by atoms with Gasteiger partial charge in [-0.2, -0.15) is 0 Å². The number of carbonyl (C=O) groups excluding carboxylic acids is 1. The number of amides is 1. The molecular formula is C16H17N3O4. The number of aliphatic carboxylic acids is 1. The van der Waals surface area contributed by atoms with E-state index in [9.17, 15) is 9.59 Å². The van der Waals surface area contributed by atoms with Crippen LogP contribution in [0, 0.1) is 0 Å². The number of hydrogen-bond donors (Lipinski definition) is 2. The summed E-state index contributed by atoms with van der Waals surface area (Å²) in [6, 6.07) is 7.24. The average molecular weight is 315 g/mol. The van der Waals surface area contributed by atoms with E-state index in [1.807, 2.05) is 12.1 Å². The van der Waals surface area contributed by atoms with Crippen LogP contribution in [0.4, 0.5) is 0 Å². The van der Waals surface area contributed by atoms with Gasteiger partial charge in [0.1, 0.15) is 11.4 Å². The summed E-state index contributed by atoms with van der Waals surface area (Å²) in [7, 11) is 0. The molecule has 0 saturated carbocycles. The van der Waals surface area contributed by atoms with Crippen molar-refractivity contribution in [2.45, 2.75) is 19.4 Å². The van der Waals surface area contributed by atoms with E-state index in [2.05, 4.69) is 15.3 Å². The Morgan fingerprint density at radius 3 is 2.61 bits per heavy atom. The van der Waals surface area contributed by atoms with E-state index in [4.69, 9.17) is 9.84 Å². The van der Waals surface area contributed by atoms with Crippen molar-refractivity contribution >= 4 is 11.9 Å². The van der Waals surface area contributed by atoms with E-state index < -0.39 is 5.97 Å². The highest BCUT2D eigenvalue weighted by atomic mass is 16.5. The smallest absolute Gasteiger partial charge is 0.303 e. The van der Waals surface area contributed by atoms with E-state index in [1.165, 1.54) is 18.6 Å². The third-order valence-corrected chi connectivity index (χ3v) is 2.98. The standard InChI is InChI=1S/C16H17N3O4/c20-15(21)2-1-9-23-13-5-3-12(4-6-13)10-19-16(22)14-11-17-7-8-18-14/h3-8,11H,1-2,9-10H2,(H,19,22)(H,20,21). The molecule has 2 rings (SSSR count). The number of carboxylic acids is 1. The van der Waals surface area contributed by atoms with Crippen LogP contribution < -0.4 is 10.1 Å². The number of nitrogens with zero attached hydrogens (tertiary/aromatic N) is 2. The summed E-state index contributed by atoms with van der Waals surface area (Å²) >= 11 is 0. The first kappa shape index (κ1) is 16.4. The molecule has 0 unspecified atom stereocenters. The van der Waals surface area contributed by atoms with Gasteiger partial charge in [0.25, 0.3) is 5.91 Å². The highest BCUT2D eigenvalue weighted by Crippen LogP contribution is 2.12. The van der Waals surface area contributed by atoms with Crippen molar-refractivity contribution in [3.8, 4) is 5.75 Å². The summed E-state index contributed by atoms with van der Waals surface area (Å²) in [6.45, 7) is 0.726. The van der Waals surface area contributed by atoms with Gasteiger partial charge in [-0.25, -0.2) is 4.98 Å². The van der Waals surface area contributed by atoms with Crippen molar-refractivity contribution in [1.29, 1.82) is 0 Å². The third kappa shape index (κ3) is 5.74. The van der Waals surface area contributed by atoms with Crippen LogP contribution in [0.5, 0.6) is 5.75 Å². The van der Waals surface area contributed by atoms with Crippen LogP contribution in [0.3, 0.4) is 0 Å². The summed E-state index contributed by atoms with van der Waals surface area (Å²) in [5.41, 5.74) is 1.19. The lowest BCUT2D eigenvalue weighted by molar-refractivity contribution is -0.137.